The molecule has 2 aromatic rings. The smallest absolute Gasteiger partial charge is 0.254 e. The van der Waals surface area contributed by atoms with Gasteiger partial charge in [-0.3, -0.25) is 4.79 Å². The summed E-state index contributed by atoms with van der Waals surface area (Å²) in [6, 6.07) is 6.36. The number of halogens is 1. The van der Waals surface area contributed by atoms with E-state index in [1.165, 1.54) is 6.07 Å². The second-order valence-electron chi connectivity index (χ2n) is 6.08. The third-order valence-electron chi connectivity index (χ3n) is 4.18. The number of hydrogen-bond acceptors (Lipinski definition) is 4. The molecule has 1 aliphatic rings. The van der Waals surface area contributed by atoms with Crippen LogP contribution in [-0.4, -0.2) is 36.6 Å². The van der Waals surface area contributed by atoms with Crippen LogP contribution in [0.5, 0.6) is 0 Å². The van der Waals surface area contributed by atoms with E-state index in [0.717, 1.165) is 24.3 Å². The van der Waals surface area contributed by atoms with Crippen molar-refractivity contribution >= 4 is 11.6 Å². The van der Waals surface area contributed by atoms with E-state index in [4.69, 9.17) is 4.52 Å². The number of anilines is 1. The topological polar surface area (TPSA) is 49.6 Å². The predicted octanol–water partition coefficient (Wildman–Crippen LogP) is 3.17. The van der Waals surface area contributed by atoms with Crippen molar-refractivity contribution in [2.75, 3.05) is 25.5 Å². The molecule has 23 heavy (non-hydrogen) atoms. The van der Waals surface area contributed by atoms with E-state index in [9.17, 15) is 9.18 Å². The predicted molar refractivity (Wildman–Crippen MR) is 85.0 cm³/mol. The molecule has 1 aromatic heterocycles. The number of aryl methyl sites for hydroxylation is 1. The van der Waals surface area contributed by atoms with Gasteiger partial charge in [0.2, 0.25) is 0 Å². The second kappa shape index (κ2) is 6.02. The van der Waals surface area contributed by atoms with Crippen LogP contribution in [-0.2, 0) is 0 Å². The van der Waals surface area contributed by atoms with Gasteiger partial charge in [-0.25, -0.2) is 4.39 Å². The molecule has 3 rings (SSSR count). The summed E-state index contributed by atoms with van der Waals surface area (Å²) in [7, 11) is 3.53. The van der Waals surface area contributed by atoms with Crippen molar-refractivity contribution in [2.45, 2.75) is 25.8 Å². The molecule has 1 saturated heterocycles. The molecule has 122 valence electrons. The zero-order valence-corrected chi connectivity index (χ0v) is 13.5. The number of amides is 1. The lowest BCUT2D eigenvalue weighted by Crippen LogP contribution is -2.30. The number of hydrogen-bond donors (Lipinski definition) is 0. The average Bonchev–Trinajstić information content (AvgIpc) is 3.14. The summed E-state index contributed by atoms with van der Waals surface area (Å²) in [6.07, 6.45) is 1.75. The van der Waals surface area contributed by atoms with Crippen molar-refractivity contribution in [2.24, 2.45) is 0 Å². The first-order chi connectivity index (χ1) is 11.0. The molecule has 1 aromatic carbocycles. The summed E-state index contributed by atoms with van der Waals surface area (Å²) in [4.78, 5) is 16.2. The Morgan fingerprint density at radius 1 is 1.39 bits per heavy atom. The Bertz CT molecular complexity index is 726. The number of nitrogens with zero attached hydrogens (tertiary/aromatic N) is 3. The first kappa shape index (κ1) is 15.5. The van der Waals surface area contributed by atoms with E-state index in [0.29, 0.717) is 17.8 Å². The molecule has 0 aliphatic carbocycles. The Hall–Kier alpha value is -2.37. The molecule has 0 bridgehead atoms. The Kier molecular flexibility index (Phi) is 4.07. The molecule has 5 nitrogen and oxygen atoms in total. The van der Waals surface area contributed by atoms with Gasteiger partial charge in [0.25, 0.3) is 5.91 Å². The zero-order chi connectivity index (χ0) is 16.6. The van der Waals surface area contributed by atoms with E-state index in [1.807, 2.05) is 13.0 Å². The summed E-state index contributed by atoms with van der Waals surface area (Å²) in [5.74, 6) is 0.159. The number of aromatic nitrogens is 1. The minimum atomic E-state index is -0.395. The number of likely N-dealkylation sites (tertiary alicyclic amines) is 1. The third kappa shape index (κ3) is 2.93. The van der Waals surface area contributed by atoms with Gasteiger partial charge in [-0.2, -0.15) is 0 Å². The van der Waals surface area contributed by atoms with Gasteiger partial charge in [0.1, 0.15) is 17.3 Å². The van der Waals surface area contributed by atoms with Gasteiger partial charge in [-0.15, -0.1) is 0 Å². The summed E-state index contributed by atoms with van der Waals surface area (Å²) >= 11 is 0. The molecule has 1 aliphatic heterocycles. The molecule has 1 fully saturated rings. The Balaban J connectivity index is 1.86. The standard InChI is InChI=1S/C17H20FN3O2/c1-11-9-14(19-23-11)16-5-4-8-21(16)17(22)12-6-7-15(20(2)3)13(18)10-12/h6-7,9-10,16H,4-5,8H2,1-3H3. The van der Waals surface area contributed by atoms with Gasteiger partial charge in [0.05, 0.1) is 11.7 Å². The van der Waals surface area contributed by atoms with Crippen LogP contribution >= 0.6 is 0 Å². The van der Waals surface area contributed by atoms with Gasteiger partial charge in [-0.05, 0) is 38.0 Å². The monoisotopic (exact) mass is 317 g/mol. The minimum absolute atomic E-state index is 0.100. The molecule has 0 spiro atoms. The SMILES string of the molecule is Cc1cc(C2CCCN2C(=O)c2ccc(N(C)C)c(F)c2)no1. The van der Waals surface area contributed by atoms with Crippen LogP contribution < -0.4 is 4.90 Å². The van der Waals surface area contributed by atoms with Gasteiger partial charge in [-0.1, -0.05) is 5.16 Å². The van der Waals surface area contributed by atoms with Crippen molar-refractivity contribution in [3.63, 3.8) is 0 Å². The van der Waals surface area contributed by atoms with Gasteiger partial charge < -0.3 is 14.3 Å². The number of carbonyl (C=O) groups excluding carboxylic acids is 1. The fourth-order valence-electron chi connectivity index (χ4n) is 3.03. The molecule has 0 radical (unpaired) electrons. The fraction of sp³-hybridized carbons (Fsp3) is 0.412. The Morgan fingerprint density at radius 3 is 2.78 bits per heavy atom. The minimum Gasteiger partial charge on any atom is -0.375 e. The maximum atomic E-state index is 14.1. The lowest BCUT2D eigenvalue weighted by molar-refractivity contribution is 0.0730. The highest BCUT2D eigenvalue weighted by Crippen LogP contribution is 2.33. The number of benzene rings is 1. The lowest BCUT2D eigenvalue weighted by Gasteiger charge is -2.23. The van der Waals surface area contributed by atoms with Gasteiger partial charge in [0, 0.05) is 32.3 Å². The molecule has 0 saturated carbocycles. The van der Waals surface area contributed by atoms with Gasteiger partial charge in [0.15, 0.2) is 0 Å². The molecular formula is C17H20FN3O2. The van der Waals surface area contributed by atoms with Crippen molar-refractivity contribution < 1.29 is 13.7 Å². The lowest BCUT2D eigenvalue weighted by atomic mass is 10.1. The van der Waals surface area contributed by atoms with Crippen molar-refractivity contribution in [3.05, 3.63) is 47.1 Å². The van der Waals surface area contributed by atoms with Crippen LogP contribution in [0.3, 0.4) is 0 Å². The highest BCUT2D eigenvalue weighted by Gasteiger charge is 2.32. The molecule has 1 amide bonds. The fourth-order valence-corrected chi connectivity index (χ4v) is 3.03. The Labute approximate surface area is 134 Å². The van der Waals surface area contributed by atoms with Gasteiger partial charge >= 0.3 is 0 Å². The van der Waals surface area contributed by atoms with E-state index in [-0.39, 0.29) is 11.9 Å². The Morgan fingerprint density at radius 2 is 2.17 bits per heavy atom. The molecule has 0 N–H and O–H groups in total. The zero-order valence-electron chi connectivity index (χ0n) is 13.5. The van der Waals surface area contributed by atoms with E-state index >= 15 is 0 Å². The summed E-state index contributed by atoms with van der Waals surface area (Å²) < 4.78 is 19.3. The normalized spacial score (nSPS) is 17.6. The van der Waals surface area contributed by atoms with Crippen molar-refractivity contribution in [1.82, 2.24) is 10.1 Å². The van der Waals surface area contributed by atoms with Crippen LogP contribution in [0.15, 0.2) is 28.8 Å². The largest absolute Gasteiger partial charge is 0.375 e. The van der Waals surface area contributed by atoms with E-state index < -0.39 is 5.82 Å². The van der Waals surface area contributed by atoms with Crippen LogP contribution in [0.25, 0.3) is 0 Å². The molecule has 1 unspecified atom stereocenters. The first-order valence-electron chi connectivity index (χ1n) is 7.68. The first-order valence-corrected chi connectivity index (χ1v) is 7.68. The number of rotatable bonds is 3. The summed E-state index contributed by atoms with van der Waals surface area (Å²) in [5, 5.41) is 4.03. The molecular weight excluding hydrogens is 297 g/mol. The highest BCUT2D eigenvalue weighted by atomic mass is 19.1. The highest BCUT2D eigenvalue weighted by molar-refractivity contribution is 5.95. The number of carbonyl (C=O) groups is 1. The molecule has 1 atom stereocenters. The maximum absolute atomic E-state index is 14.1. The third-order valence-corrected chi connectivity index (χ3v) is 4.18. The van der Waals surface area contributed by atoms with Crippen LogP contribution in [0.2, 0.25) is 0 Å². The average molecular weight is 317 g/mol. The van der Waals surface area contributed by atoms with Crippen molar-refractivity contribution in [1.29, 1.82) is 0 Å². The molecule has 2 heterocycles. The molecule has 6 heteroatoms. The van der Waals surface area contributed by atoms with Crippen LogP contribution in [0, 0.1) is 12.7 Å². The maximum Gasteiger partial charge on any atom is 0.254 e. The summed E-state index contributed by atoms with van der Waals surface area (Å²) in [6.45, 7) is 2.47. The van der Waals surface area contributed by atoms with Crippen molar-refractivity contribution in [3.8, 4) is 0 Å². The second-order valence-corrected chi connectivity index (χ2v) is 6.08. The van der Waals surface area contributed by atoms with E-state index in [1.54, 1.807) is 36.0 Å². The van der Waals surface area contributed by atoms with Crippen LogP contribution in [0.4, 0.5) is 10.1 Å². The quantitative estimate of drug-likeness (QED) is 0.872. The van der Waals surface area contributed by atoms with E-state index in [2.05, 4.69) is 5.16 Å². The van der Waals surface area contributed by atoms with Crippen LogP contribution in [0.1, 0.15) is 40.7 Å². The summed E-state index contributed by atoms with van der Waals surface area (Å²) in [5.41, 5.74) is 1.59.